The minimum absolute atomic E-state index is 0.0554. The fourth-order valence-corrected chi connectivity index (χ4v) is 3.92. The number of hydrogen-bond donors (Lipinski definition) is 2. The minimum Gasteiger partial charge on any atom is -0.449 e. The second-order valence-corrected chi connectivity index (χ2v) is 7.27. The molecule has 1 amide bonds. The van der Waals surface area contributed by atoms with Crippen LogP contribution in [-0.2, 0) is 4.74 Å². The number of hydrogen-bond acceptors (Lipinski definition) is 4. The van der Waals surface area contributed by atoms with E-state index in [0.29, 0.717) is 25.3 Å². The summed E-state index contributed by atoms with van der Waals surface area (Å²) in [5.41, 5.74) is 6.94. The van der Waals surface area contributed by atoms with Gasteiger partial charge < -0.3 is 15.0 Å². The van der Waals surface area contributed by atoms with Gasteiger partial charge in [-0.05, 0) is 34.2 Å². The van der Waals surface area contributed by atoms with Gasteiger partial charge in [-0.3, -0.25) is 0 Å². The molecule has 4 aromatic rings. The lowest BCUT2D eigenvalue weighted by molar-refractivity contribution is 0.143. The average molecular weight is 408 g/mol. The molecule has 0 atom stereocenters. The fourth-order valence-electron chi connectivity index (χ4n) is 3.92. The highest BCUT2D eigenvalue weighted by atomic mass is 16.5. The maximum absolute atomic E-state index is 12.2. The Kier molecular flexibility index (Phi) is 5.07. The van der Waals surface area contributed by atoms with E-state index in [1.807, 2.05) is 30.3 Å². The van der Waals surface area contributed by atoms with Gasteiger partial charge in [-0.25, -0.2) is 14.8 Å². The highest BCUT2D eigenvalue weighted by Gasteiger charge is 2.28. The van der Waals surface area contributed by atoms with Crippen molar-refractivity contribution < 1.29 is 9.53 Å². The Morgan fingerprint density at radius 1 is 1.06 bits per heavy atom. The van der Waals surface area contributed by atoms with Crippen molar-refractivity contribution in [3.05, 3.63) is 83.8 Å². The number of amides is 1. The summed E-state index contributed by atoms with van der Waals surface area (Å²) in [7, 11) is 0. The van der Waals surface area contributed by atoms with E-state index in [9.17, 15) is 4.79 Å². The monoisotopic (exact) mass is 408 g/mol. The number of carbonyl (C=O) groups is 1. The molecule has 6 heteroatoms. The van der Waals surface area contributed by atoms with Crippen LogP contribution in [0.25, 0.3) is 22.3 Å². The van der Waals surface area contributed by atoms with E-state index >= 15 is 0 Å². The van der Waals surface area contributed by atoms with Crippen LogP contribution >= 0.6 is 0 Å². The highest BCUT2D eigenvalue weighted by molar-refractivity contribution is 5.79. The van der Waals surface area contributed by atoms with Crippen molar-refractivity contribution in [3.63, 3.8) is 0 Å². The number of alkyl carbamates (subject to hydrolysis) is 1. The lowest BCUT2D eigenvalue weighted by atomic mass is 9.98. The number of nitrogens with one attached hydrogen (secondary N) is 2. The van der Waals surface area contributed by atoms with Crippen LogP contribution in [0, 0.1) is 11.8 Å². The van der Waals surface area contributed by atoms with Crippen molar-refractivity contribution >= 4 is 17.3 Å². The van der Waals surface area contributed by atoms with E-state index in [0.717, 1.165) is 11.2 Å². The first-order valence-electron chi connectivity index (χ1n) is 10.2. The third-order valence-corrected chi connectivity index (χ3v) is 5.34. The van der Waals surface area contributed by atoms with Crippen LogP contribution < -0.4 is 5.32 Å². The molecule has 0 bridgehead atoms. The fraction of sp³-hybridized carbons (Fsp3) is 0.160. The van der Waals surface area contributed by atoms with Gasteiger partial charge in [0, 0.05) is 25.1 Å². The van der Waals surface area contributed by atoms with E-state index in [4.69, 9.17) is 4.74 Å². The summed E-state index contributed by atoms with van der Waals surface area (Å²) in [5, 5.41) is 2.76. The topological polar surface area (TPSA) is 79.9 Å². The average Bonchev–Trinajstić information content (AvgIpc) is 3.40. The van der Waals surface area contributed by atoms with Crippen LogP contribution in [-0.4, -0.2) is 34.2 Å². The molecule has 0 aliphatic heterocycles. The van der Waals surface area contributed by atoms with Gasteiger partial charge in [0.2, 0.25) is 0 Å². The van der Waals surface area contributed by atoms with Crippen molar-refractivity contribution in [1.82, 2.24) is 20.3 Å². The molecule has 31 heavy (non-hydrogen) atoms. The summed E-state index contributed by atoms with van der Waals surface area (Å²) >= 11 is 0. The number of aromatic amines is 1. The highest BCUT2D eigenvalue weighted by Crippen LogP contribution is 2.44. The second-order valence-electron chi connectivity index (χ2n) is 7.27. The molecule has 0 unspecified atom stereocenters. The Bertz CT molecular complexity index is 1270. The third-order valence-electron chi connectivity index (χ3n) is 5.34. The summed E-state index contributed by atoms with van der Waals surface area (Å²) < 4.78 is 5.52. The predicted molar refractivity (Wildman–Crippen MR) is 118 cm³/mol. The molecule has 0 radical (unpaired) electrons. The molecule has 2 aromatic carbocycles. The number of benzene rings is 2. The van der Waals surface area contributed by atoms with E-state index in [1.54, 1.807) is 12.4 Å². The van der Waals surface area contributed by atoms with Crippen molar-refractivity contribution in [2.75, 3.05) is 13.2 Å². The zero-order valence-electron chi connectivity index (χ0n) is 16.8. The van der Waals surface area contributed by atoms with Gasteiger partial charge in [0.1, 0.15) is 17.8 Å². The molecule has 0 saturated carbocycles. The largest absolute Gasteiger partial charge is 0.449 e. The van der Waals surface area contributed by atoms with Gasteiger partial charge in [0.15, 0.2) is 5.65 Å². The number of nitrogens with zero attached hydrogens (tertiary/aromatic N) is 2. The van der Waals surface area contributed by atoms with Crippen LogP contribution in [0.1, 0.15) is 29.2 Å². The molecule has 2 N–H and O–H groups in total. The molecule has 1 aliphatic carbocycles. The predicted octanol–water partition coefficient (Wildman–Crippen LogP) is 4.24. The molecular weight excluding hydrogens is 388 g/mol. The summed E-state index contributed by atoms with van der Waals surface area (Å²) in [4.78, 5) is 23.8. The number of rotatable bonds is 4. The number of aromatic nitrogens is 3. The van der Waals surface area contributed by atoms with E-state index in [-0.39, 0.29) is 5.92 Å². The Hall–Kier alpha value is -4.11. The molecule has 1 aliphatic rings. The van der Waals surface area contributed by atoms with Crippen LogP contribution in [0.15, 0.2) is 67.0 Å². The van der Waals surface area contributed by atoms with Gasteiger partial charge in [-0.1, -0.05) is 54.5 Å². The minimum atomic E-state index is -0.433. The van der Waals surface area contributed by atoms with Crippen LogP contribution in [0.2, 0.25) is 0 Å². The smallest absolute Gasteiger partial charge is 0.407 e. The summed E-state index contributed by atoms with van der Waals surface area (Å²) in [6, 6.07) is 18.4. The molecule has 6 nitrogen and oxygen atoms in total. The second kappa shape index (κ2) is 8.33. The Morgan fingerprint density at radius 3 is 2.58 bits per heavy atom. The van der Waals surface area contributed by atoms with Crippen molar-refractivity contribution in [2.24, 2.45) is 0 Å². The Morgan fingerprint density at radius 2 is 1.81 bits per heavy atom. The van der Waals surface area contributed by atoms with Crippen molar-refractivity contribution in [3.8, 4) is 23.0 Å². The standard InChI is InChI=1S/C25H20N4O2/c30-25(27-13-6-5-7-17-15-28-24-23(29-17)12-14-26-24)31-16-22-20-10-3-1-8-18(20)19-9-2-4-11-21(19)22/h1-4,8-12,14-15,22H,6,13,16H2,(H,26,28)(H,27,30). The van der Waals surface area contributed by atoms with E-state index in [2.05, 4.69) is 56.4 Å². The van der Waals surface area contributed by atoms with Gasteiger partial charge in [-0.15, -0.1) is 0 Å². The molecule has 2 aromatic heterocycles. The van der Waals surface area contributed by atoms with Crippen molar-refractivity contribution in [1.29, 1.82) is 0 Å². The van der Waals surface area contributed by atoms with Gasteiger partial charge in [0.25, 0.3) is 0 Å². The third kappa shape index (κ3) is 3.86. The molecule has 0 spiro atoms. The summed E-state index contributed by atoms with van der Waals surface area (Å²) in [5.74, 6) is 6.03. The molecule has 5 rings (SSSR count). The molecular formula is C25H20N4O2. The lowest BCUT2D eigenvalue weighted by Crippen LogP contribution is -2.26. The summed E-state index contributed by atoms with van der Waals surface area (Å²) in [6.07, 6.45) is 3.49. The molecule has 0 fully saturated rings. The maximum atomic E-state index is 12.2. The number of H-pyrrole nitrogens is 1. The molecule has 2 heterocycles. The van der Waals surface area contributed by atoms with Gasteiger partial charge >= 0.3 is 6.09 Å². The van der Waals surface area contributed by atoms with E-state index < -0.39 is 6.09 Å². The van der Waals surface area contributed by atoms with E-state index in [1.165, 1.54) is 22.3 Å². The van der Waals surface area contributed by atoms with Crippen LogP contribution in [0.4, 0.5) is 4.79 Å². The zero-order valence-corrected chi connectivity index (χ0v) is 16.8. The van der Waals surface area contributed by atoms with Crippen LogP contribution in [0.3, 0.4) is 0 Å². The molecule has 0 saturated heterocycles. The van der Waals surface area contributed by atoms with Gasteiger partial charge in [-0.2, -0.15) is 0 Å². The summed E-state index contributed by atoms with van der Waals surface area (Å²) in [6.45, 7) is 0.710. The number of carbonyl (C=O) groups excluding carboxylic acids is 1. The maximum Gasteiger partial charge on any atom is 0.407 e. The first-order valence-corrected chi connectivity index (χ1v) is 10.2. The van der Waals surface area contributed by atoms with Gasteiger partial charge in [0.05, 0.1) is 6.20 Å². The quantitative estimate of drug-likeness (QED) is 0.391. The Balaban J connectivity index is 1.14. The molecule has 152 valence electrons. The number of ether oxygens (including phenoxy) is 1. The van der Waals surface area contributed by atoms with Crippen LogP contribution in [0.5, 0.6) is 0 Å². The zero-order chi connectivity index (χ0) is 21.0. The normalized spacial score (nSPS) is 12.0. The SMILES string of the molecule is O=C(NCCC#Cc1cnc2[nH]ccc2n1)OCC1c2ccccc2-c2ccccc21. The first-order chi connectivity index (χ1) is 15.3. The number of fused-ring (bicyclic) bond motifs is 4. The van der Waals surface area contributed by atoms with Crippen molar-refractivity contribution in [2.45, 2.75) is 12.3 Å². The lowest BCUT2D eigenvalue weighted by Gasteiger charge is -2.14. The Labute approximate surface area is 179 Å². The first kappa shape index (κ1) is 18.9.